The van der Waals surface area contributed by atoms with Crippen molar-refractivity contribution < 1.29 is 9.18 Å². The van der Waals surface area contributed by atoms with Crippen molar-refractivity contribution in [3.05, 3.63) is 65.6 Å². The molecule has 2 aromatic carbocycles. The van der Waals surface area contributed by atoms with Crippen LogP contribution >= 0.6 is 0 Å². The Balaban J connectivity index is 0.000000268. The lowest BCUT2D eigenvalue weighted by atomic mass is 10.1. The van der Waals surface area contributed by atoms with Gasteiger partial charge in [-0.3, -0.25) is 4.79 Å². The van der Waals surface area contributed by atoms with Crippen molar-refractivity contribution in [1.29, 1.82) is 0 Å². The second kappa shape index (κ2) is 13.0. The molecule has 1 heterocycles. The average Bonchev–Trinajstić information content (AvgIpc) is 3.22. The van der Waals surface area contributed by atoms with E-state index < -0.39 is 0 Å². The number of amides is 1. The molecule has 0 saturated carbocycles. The molecule has 0 aromatic heterocycles. The Morgan fingerprint density at radius 2 is 1.72 bits per heavy atom. The van der Waals surface area contributed by atoms with Crippen molar-refractivity contribution in [1.82, 2.24) is 5.32 Å². The van der Waals surface area contributed by atoms with Gasteiger partial charge in [-0.05, 0) is 51.1 Å². The largest absolute Gasteiger partial charge is 0.372 e. The molecule has 0 radical (unpaired) electrons. The van der Waals surface area contributed by atoms with Gasteiger partial charge in [0, 0.05) is 30.2 Å². The maximum absolute atomic E-state index is 12.6. The first-order chi connectivity index (χ1) is 13.9. The molecular formula is C24H30FN3O. The molecule has 3 N–H and O–H groups in total. The molecule has 0 unspecified atom stereocenters. The monoisotopic (exact) mass is 395 g/mol. The van der Waals surface area contributed by atoms with Crippen LogP contribution in [0.2, 0.25) is 0 Å². The van der Waals surface area contributed by atoms with Crippen LogP contribution in [0.25, 0.3) is 10.8 Å². The van der Waals surface area contributed by atoms with E-state index in [-0.39, 0.29) is 12.2 Å². The van der Waals surface area contributed by atoms with Gasteiger partial charge in [-0.2, -0.15) is 0 Å². The highest BCUT2D eigenvalue weighted by Gasteiger charge is 2.13. The lowest BCUT2D eigenvalue weighted by molar-refractivity contribution is -0.106. The number of fused-ring (bicyclic) bond motifs is 1. The minimum Gasteiger partial charge on any atom is -0.372 e. The Labute approximate surface area is 173 Å². The van der Waals surface area contributed by atoms with Gasteiger partial charge in [0.15, 0.2) is 0 Å². The highest BCUT2D eigenvalue weighted by Crippen LogP contribution is 2.28. The van der Waals surface area contributed by atoms with Crippen LogP contribution in [0.5, 0.6) is 0 Å². The molecule has 0 atom stereocenters. The molecule has 1 aliphatic heterocycles. The number of hydrogen-bond acceptors (Lipinski definition) is 3. The van der Waals surface area contributed by atoms with Gasteiger partial charge in [-0.25, -0.2) is 4.39 Å². The van der Waals surface area contributed by atoms with Gasteiger partial charge in [-0.1, -0.05) is 48.4 Å². The second-order valence-electron chi connectivity index (χ2n) is 6.77. The van der Waals surface area contributed by atoms with Gasteiger partial charge in [0.2, 0.25) is 6.41 Å². The molecule has 0 aliphatic carbocycles. The van der Waals surface area contributed by atoms with E-state index in [1.807, 2.05) is 13.8 Å². The number of anilines is 1. The van der Waals surface area contributed by atoms with Crippen LogP contribution < -0.4 is 16.0 Å². The Hall–Kier alpha value is -3.26. The average molecular weight is 396 g/mol. The van der Waals surface area contributed by atoms with Gasteiger partial charge < -0.3 is 16.0 Å². The lowest BCUT2D eigenvalue weighted by Crippen LogP contribution is -2.17. The normalized spacial score (nSPS) is 13.0. The van der Waals surface area contributed by atoms with Crippen LogP contribution in [-0.4, -0.2) is 19.5 Å². The highest BCUT2D eigenvalue weighted by molar-refractivity contribution is 5.94. The molecule has 0 bridgehead atoms. The SMILES string of the molecule is C#CN/C(C=C(C)C)=C(/C)F.NC=O.c1ccc2c(N3CCCC3)cccc2c1. The van der Waals surface area contributed by atoms with Crippen molar-refractivity contribution in [2.24, 2.45) is 5.73 Å². The fourth-order valence-electron chi connectivity index (χ4n) is 3.03. The first-order valence-corrected chi connectivity index (χ1v) is 9.55. The molecule has 1 aliphatic rings. The Kier molecular flexibility index (Phi) is 10.7. The second-order valence-corrected chi connectivity index (χ2v) is 6.77. The summed E-state index contributed by atoms with van der Waals surface area (Å²) in [5, 5.41) is 5.21. The van der Waals surface area contributed by atoms with E-state index in [0.717, 1.165) is 5.57 Å². The van der Waals surface area contributed by atoms with Crippen LogP contribution in [0.4, 0.5) is 10.1 Å². The summed E-state index contributed by atoms with van der Waals surface area (Å²) in [5.41, 5.74) is 6.93. The third kappa shape index (κ3) is 8.10. The predicted molar refractivity (Wildman–Crippen MR) is 121 cm³/mol. The summed E-state index contributed by atoms with van der Waals surface area (Å²) in [4.78, 5) is 11.1. The highest BCUT2D eigenvalue weighted by atomic mass is 19.1. The number of carbonyl (C=O) groups excluding carboxylic acids is 1. The zero-order valence-electron chi connectivity index (χ0n) is 17.4. The summed E-state index contributed by atoms with van der Waals surface area (Å²) in [6.07, 6.45) is 9.54. The van der Waals surface area contributed by atoms with Crippen LogP contribution in [0.3, 0.4) is 0 Å². The van der Waals surface area contributed by atoms with Crippen LogP contribution in [0.1, 0.15) is 33.6 Å². The van der Waals surface area contributed by atoms with Gasteiger partial charge in [0.25, 0.3) is 0 Å². The summed E-state index contributed by atoms with van der Waals surface area (Å²) in [5.74, 6) is -0.302. The molecule has 1 saturated heterocycles. The van der Waals surface area contributed by atoms with Gasteiger partial charge >= 0.3 is 0 Å². The summed E-state index contributed by atoms with van der Waals surface area (Å²) in [6, 6.07) is 17.4. The molecule has 5 heteroatoms. The molecular weight excluding hydrogens is 365 g/mol. The van der Waals surface area contributed by atoms with Crippen molar-refractivity contribution in [2.45, 2.75) is 33.6 Å². The number of nitrogens with zero attached hydrogens (tertiary/aromatic N) is 1. The topological polar surface area (TPSA) is 58.4 Å². The van der Waals surface area contributed by atoms with E-state index in [0.29, 0.717) is 5.70 Å². The van der Waals surface area contributed by atoms with Crippen molar-refractivity contribution in [3.8, 4) is 12.5 Å². The molecule has 154 valence electrons. The van der Waals surface area contributed by atoms with Gasteiger partial charge in [0.1, 0.15) is 5.83 Å². The number of primary amides is 1. The smallest absolute Gasteiger partial charge is 0.204 e. The third-order valence-corrected chi connectivity index (χ3v) is 4.22. The van der Waals surface area contributed by atoms with E-state index in [9.17, 15) is 4.39 Å². The van der Waals surface area contributed by atoms with Gasteiger partial charge in [-0.15, -0.1) is 0 Å². The van der Waals surface area contributed by atoms with Crippen molar-refractivity contribution in [2.75, 3.05) is 18.0 Å². The van der Waals surface area contributed by atoms with Crippen LogP contribution in [0, 0.1) is 12.5 Å². The number of terminal acetylenes is 1. The zero-order valence-corrected chi connectivity index (χ0v) is 17.4. The molecule has 2 aromatic rings. The summed E-state index contributed by atoms with van der Waals surface area (Å²) in [6.45, 7) is 7.55. The van der Waals surface area contributed by atoms with E-state index in [4.69, 9.17) is 11.2 Å². The molecule has 3 rings (SSSR count). The number of benzene rings is 2. The van der Waals surface area contributed by atoms with E-state index >= 15 is 0 Å². The number of carbonyl (C=O) groups is 1. The molecule has 1 fully saturated rings. The predicted octanol–water partition coefficient (Wildman–Crippen LogP) is 4.88. The lowest BCUT2D eigenvalue weighted by Gasteiger charge is -2.19. The number of rotatable bonds is 3. The summed E-state index contributed by atoms with van der Waals surface area (Å²) < 4.78 is 12.6. The molecule has 29 heavy (non-hydrogen) atoms. The first-order valence-electron chi connectivity index (χ1n) is 9.55. The third-order valence-electron chi connectivity index (χ3n) is 4.22. The molecule has 0 spiro atoms. The zero-order chi connectivity index (χ0) is 21.6. The first kappa shape index (κ1) is 23.8. The fourth-order valence-corrected chi connectivity index (χ4v) is 3.03. The number of allylic oxidation sites excluding steroid dienone is 3. The quantitative estimate of drug-likeness (QED) is 0.337. The minimum absolute atomic E-state index is 0.250. The Morgan fingerprint density at radius 3 is 2.28 bits per heavy atom. The van der Waals surface area contributed by atoms with E-state index in [1.165, 1.54) is 49.3 Å². The number of hydrogen-bond donors (Lipinski definition) is 2. The molecule has 1 amide bonds. The van der Waals surface area contributed by atoms with Crippen molar-refractivity contribution in [3.63, 3.8) is 0 Å². The van der Waals surface area contributed by atoms with Crippen LogP contribution in [-0.2, 0) is 4.79 Å². The Morgan fingerprint density at radius 1 is 1.14 bits per heavy atom. The number of nitrogens with one attached hydrogen (secondary N) is 1. The fraction of sp³-hybridized carbons (Fsp3) is 0.292. The Bertz CT molecular complexity index is 877. The van der Waals surface area contributed by atoms with Crippen molar-refractivity contribution >= 4 is 22.9 Å². The maximum atomic E-state index is 12.6. The summed E-state index contributed by atoms with van der Waals surface area (Å²) >= 11 is 0. The number of nitrogens with two attached hydrogens (primary N) is 1. The summed E-state index contributed by atoms with van der Waals surface area (Å²) in [7, 11) is 0. The van der Waals surface area contributed by atoms with E-state index in [1.54, 1.807) is 6.08 Å². The number of halogens is 1. The minimum atomic E-state index is -0.302. The molecule has 4 nitrogen and oxygen atoms in total. The van der Waals surface area contributed by atoms with Crippen LogP contribution in [0.15, 0.2) is 65.6 Å². The maximum Gasteiger partial charge on any atom is 0.204 e. The standard InChI is InChI=1S/C14H15N.C9H12FN.CH3NO/c1-2-8-13-12(6-1)7-5-9-14(13)15-10-3-4-11-15;1-5-11-9(8(4)10)6-7(2)3;2-1-3/h1-2,5-9H,3-4,10-11H2;1,6,11H,2-4H3;1H,(H2,2,3)/b;9-8-;. The van der Waals surface area contributed by atoms with E-state index in [2.05, 4.69) is 64.5 Å². The van der Waals surface area contributed by atoms with Gasteiger partial charge in [0.05, 0.1) is 5.70 Å².